The number of aryl methyl sites for hydroxylation is 1. The van der Waals surface area contributed by atoms with Gasteiger partial charge in [-0.15, -0.1) is 11.8 Å². The van der Waals surface area contributed by atoms with E-state index in [1.807, 2.05) is 30.0 Å². The van der Waals surface area contributed by atoms with Gasteiger partial charge in [-0.2, -0.15) is 0 Å². The van der Waals surface area contributed by atoms with Crippen LogP contribution in [0, 0.1) is 0 Å². The van der Waals surface area contributed by atoms with Gasteiger partial charge in [-0.3, -0.25) is 4.79 Å². The maximum atomic E-state index is 12.9. The van der Waals surface area contributed by atoms with Crippen LogP contribution in [0.3, 0.4) is 0 Å². The number of aromatic nitrogens is 1. The molecule has 1 aliphatic rings. The van der Waals surface area contributed by atoms with Crippen molar-refractivity contribution in [2.75, 3.05) is 11.4 Å². The van der Waals surface area contributed by atoms with Gasteiger partial charge >= 0.3 is 0 Å². The molecule has 4 nitrogen and oxygen atoms in total. The smallest absolute Gasteiger partial charge is 0.280 e. The Kier molecular flexibility index (Phi) is 3.53. The van der Waals surface area contributed by atoms with Crippen molar-refractivity contribution in [2.24, 2.45) is 0 Å². The van der Waals surface area contributed by atoms with Gasteiger partial charge < -0.3 is 9.32 Å². The molecule has 110 valence electrons. The van der Waals surface area contributed by atoms with Crippen LogP contribution in [-0.4, -0.2) is 22.2 Å². The number of carbonyl (C=O) groups excluding carboxylic acids is 1. The monoisotopic (exact) mass is 302 g/mol. The molecule has 2 aromatic rings. The Morgan fingerprint density at radius 2 is 2.19 bits per heavy atom. The number of benzene rings is 1. The summed E-state index contributed by atoms with van der Waals surface area (Å²) in [6.07, 6.45) is 2.01. The molecule has 3 rings (SSSR count). The molecule has 0 radical (unpaired) electrons. The minimum atomic E-state index is -0.0820. The number of carbonyl (C=O) groups is 1. The van der Waals surface area contributed by atoms with Crippen LogP contribution < -0.4 is 4.90 Å². The van der Waals surface area contributed by atoms with Gasteiger partial charge in [-0.05, 0) is 26.0 Å². The van der Waals surface area contributed by atoms with Crippen LogP contribution in [-0.2, 0) is 6.42 Å². The number of fused-ring (bicyclic) bond motifs is 1. The van der Waals surface area contributed by atoms with E-state index < -0.39 is 0 Å². The summed E-state index contributed by atoms with van der Waals surface area (Å²) >= 11 is 1.80. The molecule has 2 heterocycles. The number of amides is 1. The first-order valence-corrected chi connectivity index (χ1v) is 7.86. The first-order valence-electron chi connectivity index (χ1n) is 7.04. The second kappa shape index (κ2) is 5.22. The Bertz CT molecular complexity index is 678. The molecule has 1 aliphatic heterocycles. The number of oxazole rings is 1. The van der Waals surface area contributed by atoms with E-state index >= 15 is 0 Å². The van der Waals surface area contributed by atoms with Gasteiger partial charge in [0.15, 0.2) is 12.1 Å². The zero-order chi connectivity index (χ0) is 15.0. The third-order valence-electron chi connectivity index (χ3n) is 3.49. The van der Waals surface area contributed by atoms with E-state index in [0.717, 1.165) is 10.6 Å². The van der Waals surface area contributed by atoms with E-state index in [1.54, 1.807) is 11.8 Å². The molecule has 0 N–H and O–H groups in total. The molecule has 0 unspecified atom stereocenters. The zero-order valence-corrected chi connectivity index (χ0v) is 13.2. The first-order chi connectivity index (χ1) is 10.0. The van der Waals surface area contributed by atoms with Crippen molar-refractivity contribution in [3.63, 3.8) is 0 Å². The molecule has 0 spiro atoms. The predicted octanol–water partition coefficient (Wildman–Crippen LogP) is 3.77. The number of hydrogen-bond acceptors (Lipinski definition) is 4. The van der Waals surface area contributed by atoms with E-state index in [2.05, 4.69) is 24.9 Å². The Hall–Kier alpha value is -1.75. The fourth-order valence-corrected chi connectivity index (χ4v) is 3.79. The van der Waals surface area contributed by atoms with Crippen molar-refractivity contribution in [2.45, 2.75) is 36.8 Å². The van der Waals surface area contributed by atoms with E-state index in [4.69, 9.17) is 4.42 Å². The topological polar surface area (TPSA) is 46.3 Å². The number of para-hydroxylation sites is 1. The highest BCUT2D eigenvalue weighted by Crippen LogP contribution is 2.44. The van der Waals surface area contributed by atoms with E-state index in [9.17, 15) is 4.79 Å². The lowest BCUT2D eigenvalue weighted by molar-refractivity contribution is 0.0978. The van der Waals surface area contributed by atoms with Crippen molar-refractivity contribution in [3.8, 4) is 0 Å². The van der Waals surface area contributed by atoms with Crippen LogP contribution in [0.5, 0.6) is 0 Å². The van der Waals surface area contributed by atoms with Crippen LogP contribution in [0.4, 0.5) is 5.69 Å². The SMILES string of the molecule is CCc1ocnc1C(=O)N1CC(C)(C)Sc2ccccc21. The van der Waals surface area contributed by atoms with Gasteiger partial charge in [0, 0.05) is 22.6 Å². The minimum Gasteiger partial charge on any atom is -0.448 e. The van der Waals surface area contributed by atoms with Crippen molar-refractivity contribution < 1.29 is 9.21 Å². The molecule has 0 saturated heterocycles. The molecule has 0 fully saturated rings. The Balaban J connectivity index is 2.03. The molecule has 1 aromatic heterocycles. The van der Waals surface area contributed by atoms with E-state index in [1.165, 1.54) is 6.39 Å². The van der Waals surface area contributed by atoms with Crippen molar-refractivity contribution >= 4 is 23.4 Å². The molecular formula is C16H18N2O2S. The third kappa shape index (κ3) is 2.58. The highest BCUT2D eigenvalue weighted by molar-refractivity contribution is 8.00. The molecule has 0 aliphatic carbocycles. The summed E-state index contributed by atoms with van der Waals surface area (Å²) in [5.74, 6) is 0.565. The third-order valence-corrected chi connectivity index (χ3v) is 4.74. The number of hydrogen-bond donors (Lipinski definition) is 0. The lowest BCUT2D eigenvalue weighted by Crippen LogP contribution is -2.44. The van der Waals surface area contributed by atoms with Crippen LogP contribution in [0.25, 0.3) is 0 Å². The van der Waals surface area contributed by atoms with Crippen molar-refractivity contribution in [3.05, 3.63) is 42.1 Å². The van der Waals surface area contributed by atoms with Gasteiger partial charge in [0.25, 0.3) is 5.91 Å². The van der Waals surface area contributed by atoms with Crippen LogP contribution >= 0.6 is 11.8 Å². The Labute approximate surface area is 128 Å². The molecular weight excluding hydrogens is 284 g/mol. The van der Waals surface area contributed by atoms with Crippen LogP contribution in [0.15, 0.2) is 40.0 Å². The second-order valence-electron chi connectivity index (χ2n) is 5.70. The van der Waals surface area contributed by atoms with Crippen LogP contribution in [0.2, 0.25) is 0 Å². The molecule has 0 saturated carbocycles. The molecule has 1 amide bonds. The highest BCUT2D eigenvalue weighted by atomic mass is 32.2. The molecule has 1 aromatic carbocycles. The van der Waals surface area contributed by atoms with Crippen molar-refractivity contribution in [1.82, 2.24) is 4.98 Å². The van der Waals surface area contributed by atoms with Gasteiger partial charge in [0.05, 0.1) is 5.69 Å². The lowest BCUT2D eigenvalue weighted by Gasteiger charge is -2.38. The first kappa shape index (κ1) is 14.2. The maximum absolute atomic E-state index is 12.9. The summed E-state index contributed by atoms with van der Waals surface area (Å²) in [6.45, 7) is 6.92. The summed E-state index contributed by atoms with van der Waals surface area (Å²) in [6, 6.07) is 8.01. The van der Waals surface area contributed by atoms with Gasteiger partial charge in [-0.25, -0.2) is 4.98 Å². The molecule has 0 atom stereocenters. The lowest BCUT2D eigenvalue weighted by atomic mass is 10.1. The number of nitrogens with zero attached hydrogens (tertiary/aromatic N) is 2. The average Bonchev–Trinajstić information content (AvgIpc) is 2.93. The van der Waals surface area contributed by atoms with E-state index in [-0.39, 0.29) is 10.7 Å². The summed E-state index contributed by atoms with van der Waals surface area (Å²) in [4.78, 5) is 20.0. The summed E-state index contributed by atoms with van der Waals surface area (Å²) in [5.41, 5.74) is 1.38. The van der Waals surface area contributed by atoms with Gasteiger partial charge in [0.2, 0.25) is 0 Å². The average molecular weight is 302 g/mol. The number of rotatable bonds is 2. The Morgan fingerprint density at radius 3 is 2.95 bits per heavy atom. The number of anilines is 1. The van der Waals surface area contributed by atoms with E-state index in [0.29, 0.717) is 24.4 Å². The molecule has 21 heavy (non-hydrogen) atoms. The van der Waals surface area contributed by atoms with Gasteiger partial charge in [0.1, 0.15) is 5.76 Å². The normalized spacial score (nSPS) is 16.6. The summed E-state index contributed by atoms with van der Waals surface area (Å²) in [7, 11) is 0. The molecule has 0 bridgehead atoms. The number of thioether (sulfide) groups is 1. The highest BCUT2D eigenvalue weighted by Gasteiger charge is 2.35. The minimum absolute atomic E-state index is 0.0277. The zero-order valence-electron chi connectivity index (χ0n) is 12.4. The van der Waals surface area contributed by atoms with Crippen molar-refractivity contribution in [1.29, 1.82) is 0 Å². The maximum Gasteiger partial charge on any atom is 0.280 e. The fraction of sp³-hybridized carbons (Fsp3) is 0.375. The van der Waals surface area contributed by atoms with Crippen LogP contribution in [0.1, 0.15) is 37.0 Å². The second-order valence-corrected chi connectivity index (χ2v) is 7.45. The largest absolute Gasteiger partial charge is 0.448 e. The standard InChI is InChI=1S/C16H18N2O2S/c1-4-12-14(17-10-20-12)15(19)18-9-16(2,3)21-13-8-6-5-7-11(13)18/h5-8,10H,4,9H2,1-3H3. The summed E-state index contributed by atoms with van der Waals surface area (Å²) < 4.78 is 5.27. The predicted molar refractivity (Wildman–Crippen MR) is 83.9 cm³/mol. The summed E-state index contributed by atoms with van der Waals surface area (Å²) in [5, 5.41) is 0. The van der Waals surface area contributed by atoms with Gasteiger partial charge in [-0.1, -0.05) is 19.1 Å². The fourth-order valence-electron chi connectivity index (χ4n) is 2.57. The molecule has 5 heteroatoms. The Morgan fingerprint density at radius 1 is 1.43 bits per heavy atom. The quantitative estimate of drug-likeness (QED) is 0.847.